The first kappa shape index (κ1) is 14.7. The molecule has 1 aliphatic rings. The van der Waals surface area contributed by atoms with Crippen molar-refractivity contribution in [3.05, 3.63) is 48.0 Å². The quantitative estimate of drug-likeness (QED) is 0.868. The van der Waals surface area contributed by atoms with Crippen molar-refractivity contribution in [1.29, 1.82) is 0 Å². The third-order valence-electron chi connectivity index (χ3n) is 4.09. The lowest BCUT2D eigenvalue weighted by molar-refractivity contribution is -0.134. The van der Waals surface area contributed by atoms with E-state index >= 15 is 0 Å². The molecule has 6 heteroatoms. The second kappa shape index (κ2) is 6.68. The summed E-state index contributed by atoms with van der Waals surface area (Å²) in [5, 5.41) is 7.79. The minimum atomic E-state index is -0.279. The number of carbonyl (C=O) groups is 1. The summed E-state index contributed by atoms with van der Waals surface area (Å²) < 4.78 is 14.7. The Labute approximate surface area is 128 Å². The van der Waals surface area contributed by atoms with Crippen LogP contribution in [0.1, 0.15) is 24.8 Å². The van der Waals surface area contributed by atoms with E-state index < -0.39 is 0 Å². The molecule has 1 atom stereocenters. The molecule has 0 saturated carbocycles. The van der Waals surface area contributed by atoms with Crippen LogP contribution in [0.3, 0.4) is 0 Å². The number of rotatable bonds is 4. The second-order valence-corrected chi connectivity index (χ2v) is 5.67. The van der Waals surface area contributed by atoms with Crippen LogP contribution in [-0.2, 0) is 17.8 Å². The molecule has 0 radical (unpaired) electrons. The van der Waals surface area contributed by atoms with Crippen LogP contribution in [0.2, 0.25) is 0 Å². The molecule has 2 heterocycles. The molecule has 1 saturated heterocycles. The van der Waals surface area contributed by atoms with Crippen LogP contribution < -0.4 is 0 Å². The van der Waals surface area contributed by atoms with Crippen LogP contribution in [0.4, 0.5) is 4.39 Å². The molecule has 2 aromatic rings. The van der Waals surface area contributed by atoms with E-state index in [2.05, 4.69) is 10.3 Å². The number of piperidine rings is 1. The van der Waals surface area contributed by atoms with Crippen LogP contribution >= 0.6 is 0 Å². The summed E-state index contributed by atoms with van der Waals surface area (Å²) in [6, 6.07) is 6.29. The Hall–Kier alpha value is -2.24. The Bertz CT molecular complexity index is 612. The van der Waals surface area contributed by atoms with Crippen molar-refractivity contribution < 1.29 is 9.18 Å². The fourth-order valence-corrected chi connectivity index (χ4v) is 2.94. The van der Waals surface area contributed by atoms with Gasteiger partial charge in [0.25, 0.3) is 0 Å². The monoisotopic (exact) mass is 302 g/mol. The number of halogens is 1. The highest BCUT2D eigenvalue weighted by molar-refractivity contribution is 5.79. The number of hydrogen-bond acceptors (Lipinski definition) is 3. The highest BCUT2D eigenvalue weighted by Gasteiger charge is 2.27. The number of carbonyl (C=O) groups excluding carboxylic acids is 1. The third-order valence-corrected chi connectivity index (χ3v) is 4.09. The van der Waals surface area contributed by atoms with Gasteiger partial charge in [-0.15, -0.1) is 5.10 Å². The molecular formula is C16H19FN4O. The van der Waals surface area contributed by atoms with E-state index in [0.29, 0.717) is 13.0 Å². The van der Waals surface area contributed by atoms with Crippen molar-refractivity contribution in [2.45, 2.75) is 38.3 Å². The number of likely N-dealkylation sites (tertiary alicyclic amines) is 1. The fraction of sp³-hybridized carbons (Fsp3) is 0.438. The highest BCUT2D eigenvalue weighted by Crippen LogP contribution is 2.19. The van der Waals surface area contributed by atoms with Gasteiger partial charge in [-0.2, -0.15) is 0 Å². The van der Waals surface area contributed by atoms with Gasteiger partial charge in [-0.3, -0.25) is 9.48 Å². The maximum atomic E-state index is 12.9. The number of aromatic nitrogens is 3. The van der Waals surface area contributed by atoms with Crippen molar-refractivity contribution in [2.24, 2.45) is 0 Å². The first-order valence-electron chi connectivity index (χ1n) is 7.60. The molecule has 0 bridgehead atoms. The van der Waals surface area contributed by atoms with E-state index in [1.807, 2.05) is 11.1 Å². The smallest absolute Gasteiger partial charge is 0.227 e. The zero-order chi connectivity index (χ0) is 15.4. The molecule has 0 aliphatic carbocycles. The summed E-state index contributed by atoms with van der Waals surface area (Å²) in [7, 11) is 0. The maximum Gasteiger partial charge on any atom is 0.227 e. The first-order valence-corrected chi connectivity index (χ1v) is 7.60. The third kappa shape index (κ3) is 3.50. The number of hydrogen-bond donors (Lipinski definition) is 0. The van der Waals surface area contributed by atoms with Crippen LogP contribution in [0.15, 0.2) is 36.7 Å². The number of nitrogens with zero attached hydrogens (tertiary/aromatic N) is 4. The van der Waals surface area contributed by atoms with E-state index in [-0.39, 0.29) is 17.8 Å². The van der Waals surface area contributed by atoms with Crippen molar-refractivity contribution in [2.75, 3.05) is 6.54 Å². The van der Waals surface area contributed by atoms with Gasteiger partial charge in [-0.1, -0.05) is 17.3 Å². The Morgan fingerprint density at radius 1 is 1.27 bits per heavy atom. The molecule has 1 aliphatic heterocycles. The number of amides is 1. The predicted octanol–water partition coefficient (Wildman–Crippen LogP) is 2.04. The van der Waals surface area contributed by atoms with Crippen molar-refractivity contribution in [3.63, 3.8) is 0 Å². The van der Waals surface area contributed by atoms with Gasteiger partial charge in [-0.25, -0.2) is 4.39 Å². The molecule has 1 aromatic heterocycles. The van der Waals surface area contributed by atoms with Gasteiger partial charge in [0.1, 0.15) is 5.82 Å². The van der Waals surface area contributed by atoms with Crippen molar-refractivity contribution >= 4 is 5.91 Å². The molecule has 116 valence electrons. The van der Waals surface area contributed by atoms with Crippen LogP contribution in [0.25, 0.3) is 0 Å². The SMILES string of the molecule is O=C(Cc1ccc(F)cc1)N1CCCC[C@H]1Cn1ccnn1. The standard InChI is InChI=1S/C16H19FN4O/c17-14-6-4-13(5-7-14)11-16(22)21-9-2-1-3-15(21)12-20-10-8-18-19-20/h4-8,10,15H,1-3,9,11-12H2/t15-/m0/s1. The Morgan fingerprint density at radius 2 is 2.09 bits per heavy atom. The van der Waals surface area contributed by atoms with Gasteiger partial charge in [0.05, 0.1) is 25.2 Å². The molecule has 0 spiro atoms. The average molecular weight is 302 g/mol. The van der Waals surface area contributed by atoms with Crippen LogP contribution in [-0.4, -0.2) is 38.4 Å². The first-order chi connectivity index (χ1) is 10.7. The minimum absolute atomic E-state index is 0.0939. The molecule has 0 N–H and O–H groups in total. The summed E-state index contributed by atoms with van der Waals surface area (Å²) in [5.41, 5.74) is 0.844. The van der Waals surface area contributed by atoms with Crippen molar-refractivity contribution in [1.82, 2.24) is 19.9 Å². The molecule has 3 rings (SSSR count). The summed E-state index contributed by atoms with van der Waals surface area (Å²) in [5.74, 6) is -0.186. The van der Waals surface area contributed by atoms with E-state index in [4.69, 9.17) is 0 Å². The molecule has 1 aromatic carbocycles. The van der Waals surface area contributed by atoms with E-state index in [9.17, 15) is 9.18 Å². The molecular weight excluding hydrogens is 283 g/mol. The minimum Gasteiger partial charge on any atom is -0.338 e. The summed E-state index contributed by atoms with van der Waals surface area (Å²) in [6.45, 7) is 1.45. The molecule has 5 nitrogen and oxygen atoms in total. The normalized spacial score (nSPS) is 18.4. The molecule has 1 amide bonds. The van der Waals surface area contributed by atoms with Crippen LogP contribution in [0.5, 0.6) is 0 Å². The zero-order valence-corrected chi connectivity index (χ0v) is 12.4. The maximum absolute atomic E-state index is 12.9. The summed E-state index contributed by atoms with van der Waals surface area (Å²) in [4.78, 5) is 14.5. The van der Waals surface area contributed by atoms with E-state index in [0.717, 1.165) is 31.4 Å². The van der Waals surface area contributed by atoms with Gasteiger partial charge >= 0.3 is 0 Å². The van der Waals surface area contributed by atoms with E-state index in [1.54, 1.807) is 23.0 Å². The molecule has 1 fully saturated rings. The molecule has 0 unspecified atom stereocenters. The van der Waals surface area contributed by atoms with Crippen LogP contribution in [0, 0.1) is 5.82 Å². The lowest BCUT2D eigenvalue weighted by Crippen LogP contribution is -2.46. The Kier molecular flexibility index (Phi) is 4.46. The fourth-order valence-electron chi connectivity index (χ4n) is 2.94. The Morgan fingerprint density at radius 3 is 2.82 bits per heavy atom. The van der Waals surface area contributed by atoms with Gasteiger partial charge < -0.3 is 4.90 Å². The largest absolute Gasteiger partial charge is 0.338 e. The zero-order valence-electron chi connectivity index (χ0n) is 12.4. The second-order valence-electron chi connectivity index (χ2n) is 5.67. The van der Waals surface area contributed by atoms with Gasteiger partial charge in [-0.05, 0) is 37.0 Å². The molecule has 22 heavy (non-hydrogen) atoms. The Balaban J connectivity index is 1.66. The predicted molar refractivity (Wildman–Crippen MR) is 79.5 cm³/mol. The average Bonchev–Trinajstić information content (AvgIpc) is 3.03. The van der Waals surface area contributed by atoms with E-state index in [1.165, 1.54) is 12.1 Å². The topological polar surface area (TPSA) is 51.0 Å². The van der Waals surface area contributed by atoms with Gasteiger partial charge in [0, 0.05) is 12.7 Å². The van der Waals surface area contributed by atoms with Gasteiger partial charge in [0.15, 0.2) is 0 Å². The lowest BCUT2D eigenvalue weighted by Gasteiger charge is -2.35. The van der Waals surface area contributed by atoms with Gasteiger partial charge in [0.2, 0.25) is 5.91 Å². The summed E-state index contributed by atoms with van der Waals surface area (Å²) >= 11 is 0. The lowest BCUT2D eigenvalue weighted by atomic mass is 10.0. The van der Waals surface area contributed by atoms with Crippen molar-refractivity contribution in [3.8, 4) is 0 Å². The summed E-state index contributed by atoms with van der Waals surface area (Å²) in [6.07, 6.45) is 6.91. The highest BCUT2D eigenvalue weighted by atomic mass is 19.1. The number of benzene rings is 1.